The molecule has 0 radical (unpaired) electrons. The first-order chi connectivity index (χ1) is 14.0. The predicted octanol–water partition coefficient (Wildman–Crippen LogP) is 3.89. The third-order valence-electron chi connectivity index (χ3n) is 4.72. The largest absolute Gasteiger partial charge is 0.355 e. The molecule has 2 aromatic carbocycles. The molecule has 6 nitrogen and oxygen atoms in total. The van der Waals surface area contributed by atoms with Crippen LogP contribution < -0.4 is 10.6 Å². The van der Waals surface area contributed by atoms with Crippen molar-refractivity contribution in [2.45, 2.75) is 26.8 Å². The first kappa shape index (κ1) is 20.3. The lowest BCUT2D eigenvalue weighted by molar-refractivity contribution is -0.121. The Kier molecular flexibility index (Phi) is 6.44. The van der Waals surface area contributed by atoms with E-state index < -0.39 is 5.91 Å². The molecule has 0 bridgehead atoms. The van der Waals surface area contributed by atoms with Crippen molar-refractivity contribution in [3.8, 4) is 11.3 Å². The molecule has 0 fully saturated rings. The van der Waals surface area contributed by atoms with Crippen LogP contribution in [0.25, 0.3) is 11.3 Å². The Labute approximate surface area is 170 Å². The Bertz CT molecular complexity index is 980. The van der Waals surface area contributed by atoms with Crippen LogP contribution in [0.15, 0.2) is 65.2 Å². The van der Waals surface area contributed by atoms with E-state index in [2.05, 4.69) is 29.6 Å². The monoisotopic (exact) mass is 391 g/mol. The van der Waals surface area contributed by atoms with Gasteiger partial charge in [0.25, 0.3) is 5.91 Å². The summed E-state index contributed by atoms with van der Waals surface area (Å²) in [5.74, 6) is -0.00509. The van der Waals surface area contributed by atoms with E-state index in [0.717, 1.165) is 16.7 Å². The number of nitrogens with one attached hydrogen (secondary N) is 2. The fourth-order valence-corrected chi connectivity index (χ4v) is 3.14. The molecule has 2 amide bonds. The summed E-state index contributed by atoms with van der Waals surface area (Å²) in [4.78, 5) is 24.8. The lowest BCUT2D eigenvalue weighted by Gasteiger charge is -2.24. The molecule has 2 N–H and O–H groups in total. The second kappa shape index (κ2) is 9.19. The minimum Gasteiger partial charge on any atom is -0.355 e. The fraction of sp³-hybridized carbons (Fsp3) is 0.261. The molecular formula is C23H25N3O3. The second-order valence-electron chi connectivity index (χ2n) is 7.27. The molecule has 0 saturated heterocycles. The summed E-state index contributed by atoms with van der Waals surface area (Å²) in [5, 5.41) is 9.41. The van der Waals surface area contributed by atoms with Gasteiger partial charge in [-0.3, -0.25) is 9.59 Å². The van der Waals surface area contributed by atoms with Crippen molar-refractivity contribution >= 4 is 11.8 Å². The Morgan fingerprint density at radius 3 is 2.41 bits per heavy atom. The zero-order valence-electron chi connectivity index (χ0n) is 16.8. The first-order valence-corrected chi connectivity index (χ1v) is 9.61. The average molecular weight is 391 g/mol. The zero-order valence-corrected chi connectivity index (χ0v) is 16.8. The number of nitrogens with zero attached hydrogens (tertiary/aromatic N) is 1. The molecule has 1 heterocycles. The lowest BCUT2D eigenvalue weighted by atomic mass is 9.92. The number of aromatic nitrogens is 1. The third kappa shape index (κ3) is 5.10. The van der Waals surface area contributed by atoms with Gasteiger partial charge in [-0.1, -0.05) is 73.6 Å². The molecule has 0 saturated carbocycles. The molecule has 0 aliphatic heterocycles. The summed E-state index contributed by atoms with van der Waals surface area (Å²) in [5.41, 5.74) is 3.16. The van der Waals surface area contributed by atoms with E-state index in [9.17, 15) is 9.59 Å². The summed E-state index contributed by atoms with van der Waals surface area (Å²) in [6.07, 6.45) is 0. The summed E-state index contributed by atoms with van der Waals surface area (Å²) in [6, 6.07) is 18.8. The summed E-state index contributed by atoms with van der Waals surface area (Å²) >= 11 is 0. The molecule has 1 unspecified atom stereocenters. The van der Waals surface area contributed by atoms with Crippen LogP contribution >= 0.6 is 0 Å². The van der Waals surface area contributed by atoms with Gasteiger partial charge < -0.3 is 15.2 Å². The number of aryl methyl sites for hydroxylation is 1. The molecule has 0 spiro atoms. The topological polar surface area (TPSA) is 84.2 Å². The number of carbonyl (C=O) groups excluding carboxylic acids is 2. The van der Waals surface area contributed by atoms with E-state index in [1.807, 2.05) is 61.5 Å². The predicted molar refractivity (Wildman–Crippen MR) is 111 cm³/mol. The molecule has 29 heavy (non-hydrogen) atoms. The van der Waals surface area contributed by atoms with E-state index in [-0.39, 0.29) is 30.1 Å². The SMILES string of the molecule is Cc1ccccc1C(NC(=O)CNC(=O)c1cc(-c2ccccc2)on1)C(C)C. The lowest BCUT2D eigenvalue weighted by Crippen LogP contribution is -2.40. The Hall–Kier alpha value is -3.41. The highest BCUT2D eigenvalue weighted by molar-refractivity contribution is 5.95. The first-order valence-electron chi connectivity index (χ1n) is 9.61. The van der Waals surface area contributed by atoms with Gasteiger partial charge in [0, 0.05) is 11.6 Å². The maximum Gasteiger partial charge on any atom is 0.273 e. The van der Waals surface area contributed by atoms with Crippen LogP contribution in [0, 0.1) is 12.8 Å². The van der Waals surface area contributed by atoms with Crippen molar-refractivity contribution in [3.05, 3.63) is 77.5 Å². The molecular weight excluding hydrogens is 366 g/mol. The van der Waals surface area contributed by atoms with Gasteiger partial charge in [0.2, 0.25) is 5.91 Å². The van der Waals surface area contributed by atoms with Crippen LogP contribution in [0.3, 0.4) is 0 Å². The van der Waals surface area contributed by atoms with Gasteiger partial charge in [0.15, 0.2) is 11.5 Å². The van der Waals surface area contributed by atoms with E-state index in [4.69, 9.17) is 4.52 Å². The van der Waals surface area contributed by atoms with E-state index >= 15 is 0 Å². The van der Waals surface area contributed by atoms with Gasteiger partial charge in [0.05, 0.1) is 12.6 Å². The van der Waals surface area contributed by atoms with Gasteiger partial charge in [0.1, 0.15) is 0 Å². The number of hydrogen-bond donors (Lipinski definition) is 2. The third-order valence-corrected chi connectivity index (χ3v) is 4.72. The molecule has 1 atom stereocenters. The number of rotatable bonds is 7. The highest BCUT2D eigenvalue weighted by atomic mass is 16.5. The summed E-state index contributed by atoms with van der Waals surface area (Å²) < 4.78 is 5.23. The van der Waals surface area contributed by atoms with Gasteiger partial charge in [-0.2, -0.15) is 0 Å². The number of hydrogen-bond acceptors (Lipinski definition) is 4. The van der Waals surface area contributed by atoms with Crippen molar-refractivity contribution in [2.24, 2.45) is 5.92 Å². The maximum atomic E-state index is 12.4. The van der Waals surface area contributed by atoms with Crippen molar-refractivity contribution in [1.82, 2.24) is 15.8 Å². The van der Waals surface area contributed by atoms with Gasteiger partial charge in [-0.05, 0) is 24.0 Å². The fourth-order valence-electron chi connectivity index (χ4n) is 3.14. The maximum absolute atomic E-state index is 12.4. The highest BCUT2D eigenvalue weighted by Gasteiger charge is 2.21. The number of carbonyl (C=O) groups is 2. The van der Waals surface area contributed by atoms with Crippen molar-refractivity contribution in [3.63, 3.8) is 0 Å². The quantitative estimate of drug-likeness (QED) is 0.640. The minimum absolute atomic E-state index is 0.127. The molecule has 0 aliphatic carbocycles. The molecule has 150 valence electrons. The van der Waals surface area contributed by atoms with E-state index in [1.54, 1.807) is 6.07 Å². The zero-order chi connectivity index (χ0) is 20.8. The average Bonchev–Trinajstić information content (AvgIpc) is 3.22. The van der Waals surface area contributed by atoms with Crippen molar-refractivity contribution < 1.29 is 14.1 Å². The van der Waals surface area contributed by atoms with Crippen LogP contribution in [-0.4, -0.2) is 23.5 Å². The van der Waals surface area contributed by atoms with Crippen LogP contribution in [0.1, 0.15) is 41.5 Å². The van der Waals surface area contributed by atoms with Gasteiger partial charge >= 0.3 is 0 Å². The van der Waals surface area contributed by atoms with Gasteiger partial charge in [-0.15, -0.1) is 0 Å². The number of benzene rings is 2. The van der Waals surface area contributed by atoms with Crippen LogP contribution in [0.4, 0.5) is 0 Å². The van der Waals surface area contributed by atoms with Crippen molar-refractivity contribution in [1.29, 1.82) is 0 Å². The Morgan fingerprint density at radius 1 is 1.03 bits per heavy atom. The van der Waals surface area contributed by atoms with Crippen molar-refractivity contribution in [2.75, 3.05) is 6.54 Å². The van der Waals surface area contributed by atoms with Crippen LogP contribution in [0.2, 0.25) is 0 Å². The Balaban J connectivity index is 1.59. The van der Waals surface area contributed by atoms with E-state index in [0.29, 0.717) is 5.76 Å². The number of amides is 2. The normalized spacial score (nSPS) is 11.9. The molecule has 6 heteroatoms. The van der Waals surface area contributed by atoms with Crippen LogP contribution in [0.5, 0.6) is 0 Å². The van der Waals surface area contributed by atoms with Crippen LogP contribution in [-0.2, 0) is 4.79 Å². The summed E-state index contributed by atoms with van der Waals surface area (Å²) in [6.45, 7) is 5.99. The smallest absolute Gasteiger partial charge is 0.273 e. The molecule has 1 aromatic heterocycles. The molecule has 3 rings (SSSR count). The minimum atomic E-state index is -0.455. The highest BCUT2D eigenvalue weighted by Crippen LogP contribution is 2.24. The summed E-state index contributed by atoms with van der Waals surface area (Å²) in [7, 11) is 0. The molecule has 0 aliphatic rings. The van der Waals surface area contributed by atoms with Gasteiger partial charge in [-0.25, -0.2) is 0 Å². The Morgan fingerprint density at radius 2 is 1.72 bits per heavy atom. The van der Waals surface area contributed by atoms with E-state index in [1.165, 1.54) is 0 Å². The molecule has 3 aromatic rings. The second-order valence-corrected chi connectivity index (χ2v) is 7.27. The standard InChI is InChI=1S/C23H25N3O3/c1-15(2)22(18-12-8-7-9-16(18)3)25-21(27)14-24-23(28)19-13-20(29-26-19)17-10-5-4-6-11-17/h4-13,15,22H,14H2,1-3H3,(H,24,28)(H,25,27).